The molecule has 0 bridgehead atoms. The zero-order chi connectivity index (χ0) is 9.10. The van der Waals surface area contributed by atoms with Crippen LogP contribution in [0.25, 0.3) is 0 Å². The molecule has 0 aliphatic heterocycles. The Bertz CT molecular complexity index is 368. The Labute approximate surface area is 79.5 Å². The lowest BCUT2D eigenvalue weighted by molar-refractivity contribution is 0.455. The van der Waals surface area contributed by atoms with Crippen LogP contribution < -0.4 is 0 Å². The molecule has 1 N–H and O–H groups in total. The molecule has 0 amide bonds. The van der Waals surface area contributed by atoms with Crippen LogP contribution in [0.3, 0.4) is 0 Å². The summed E-state index contributed by atoms with van der Waals surface area (Å²) >= 11 is 1.47. The number of nitrogens with zero attached hydrogens (tertiary/aromatic N) is 3. The van der Waals surface area contributed by atoms with Crippen LogP contribution in [0.2, 0.25) is 0 Å². The minimum absolute atomic E-state index is 0.112. The van der Waals surface area contributed by atoms with E-state index in [1.807, 2.05) is 16.9 Å². The average molecular weight is 195 g/mol. The van der Waals surface area contributed by atoms with Crippen LogP contribution >= 0.6 is 11.3 Å². The van der Waals surface area contributed by atoms with Gasteiger partial charge in [-0.25, -0.2) is 4.98 Å². The van der Waals surface area contributed by atoms with Crippen LogP contribution in [0.15, 0.2) is 23.8 Å². The molecule has 0 aliphatic carbocycles. The van der Waals surface area contributed by atoms with Crippen LogP contribution in [-0.4, -0.2) is 19.9 Å². The minimum atomic E-state index is 0.112. The fraction of sp³-hybridized carbons (Fsp3) is 0.250. The van der Waals surface area contributed by atoms with Crippen molar-refractivity contribution in [3.05, 3.63) is 28.8 Å². The fourth-order valence-electron chi connectivity index (χ4n) is 1.06. The van der Waals surface area contributed by atoms with E-state index in [9.17, 15) is 0 Å². The third-order valence-corrected chi connectivity index (χ3v) is 2.55. The van der Waals surface area contributed by atoms with Crippen molar-refractivity contribution in [2.75, 3.05) is 0 Å². The maximum atomic E-state index is 8.99. The highest BCUT2D eigenvalue weighted by molar-refractivity contribution is 7.09. The molecule has 0 saturated heterocycles. The maximum Gasteiger partial charge on any atom is 0.222 e. The summed E-state index contributed by atoms with van der Waals surface area (Å²) in [6.07, 6.45) is 4.47. The van der Waals surface area contributed by atoms with Crippen LogP contribution in [-0.2, 0) is 13.0 Å². The van der Waals surface area contributed by atoms with E-state index in [-0.39, 0.29) is 5.88 Å². The molecule has 0 atom stereocenters. The first-order chi connectivity index (χ1) is 6.34. The van der Waals surface area contributed by atoms with Gasteiger partial charge in [-0.15, -0.1) is 11.3 Å². The Hall–Kier alpha value is -1.36. The van der Waals surface area contributed by atoms with Crippen LogP contribution in [0.4, 0.5) is 0 Å². The molecule has 0 aliphatic rings. The molecule has 0 unspecified atom stereocenters. The van der Waals surface area contributed by atoms with Gasteiger partial charge in [0.15, 0.2) is 0 Å². The lowest BCUT2D eigenvalue weighted by Crippen LogP contribution is -2.00. The average Bonchev–Trinajstić information content (AvgIpc) is 2.71. The molecule has 5 heteroatoms. The number of hydrogen-bond acceptors (Lipinski definition) is 4. The van der Waals surface area contributed by atoms with Crippen molar-refractivity contribution in [2.45, 2.75) is 13.0 Å². The van der Waals surface area contributed by atoms with E-state index >= 15 is 0 Å². The van der Waals surface area contributed by atoms with Crippen molar-refractivity contribution in [1.82, 2.24) is 14.8 Å². The maximum absolute atomic E-state index is 8.99. The Morgan fingerprint density at radius 1 is 1.54 bits per heavy atom. The first-order valence-corrected chi connectivity index (χ1v) is 4.83. The zero-order valence-electron chi connectivity index (χ0n) is 6.92. The third-order valence-electron chi connectivity index (χ3n) is 1.65. The number of thiazole rings is 1. The molecule has 0 spiro atoms. The van der Waals surface area contributed by atoms with E-state index in [1.54, 1.807) is 11.6 Å². The lowest BCUT2D eigenvalue weighted by Gasteiger charge is -1.96. The third kappa shape index (κ3) is 2.06. The van der Waals surface area contributed by atoms with Gasteiger partial charge < -0.3 is 5.11 Å². The van der Waals surface area contributed by atoms with Crippen molar-refractivity contribution >= 4 is 11.3 Å². The summed E-state index contributed by atoms with van der Waals surface area (Å²) < 4.78 is 1.85. The van der Waals surface area contributed by atoms with E-state index < -0.39 is 0 Å². The molecule has 13 heavy (non-hydrogen) atoms. The van der Waals surface area contributed by atoms with Crippen LogP contribution in [0.5, 0.6) is 5.88 Å². The Kier molecular flexibility index (Phi) is 2.27. The predicted octanol–water partition coefficient (Wildman–Crippen LogP) is 1.29. The topological polar surface area (TPSA) is 50.9 Å². The van der Waals surface area contributed by atoms with E-state index in [0.29, 0.717) is 0 Å². The van der Waals surface area contributed by atoms with Crippen molar-refractivity contribution in [3.63, 3.8) is 0 Å². The molecule has 4 nitrogen and oxygen atoms in total. The summed E-state index contributed by atoms with van der Waals surface area (Å²) in [5.41, 5.74) is 0. The quantitative estimate of drug-likeness (QED) is 0.802. The molecule has 0 saturated carbocycles. The molecule has 2 aromatic rings. The number of aromatic hydroxyl groups is 1. The summed E-state index contributed by atoms with van der Waals surface area (Å²) in [6, 6.07) is 1.89. The first kappa shape index (κ1) is 8.25. The van der Waals surface area contributed by atoms with Crippen molar-refractivity contribution in [2.24, 2.45) is 0 Å². The summed E-state index contributed by atoms with van der Waals surface area (Å²) in [4.78, 5) is 3.94. The highest BCUT2D eigenvalue weighted by Crippen LogP contribution is 2.15. The second-order valence-electron chi connectivity index (χ2n) is 2.62. The largest absolute Gasteiger partial charge is 0.493 e. The van der Waals surface area contributed by atoms with Gasteiger partial charge in [-0.1, -0.05) is 0 Å². The van der Waals surface area contributed by atoms with E-state index in [0.717, 1.165) is 18.0 Å². The van der Waals surface area contributed by atoms with Crippen molar-refractivity contribution in [3.8, 4) is 5.88 Å². The van der Waals surface area contributed by atoms with Crippen molar-refractivity contribution in [1.29, 1.82) is 0 Å². The highest BCUT2D eigenvalue weighted by atomic mass is 32.1. The Balaban J connectivity index is 1.93. The van der Waals surface area contributed by atoms with Crippen LogP contribution in [0.1, 0.15) is 5.01 Å². The zero-order valence-corrected chi connectivity index (χ0v) is 7.74. The standard InChI is InChI=1S/C8H9N3OS/c12-7-6-13-8(10-7)2-5-11-4-1-3-9-11/h1,3-4,6,12H,2,5H2. The van der Waals surface area contributed by atoms with Crippen molar-refractivity contribution < 1.29 is 5.11 Å². The summed E-state index contributed by atoms with van der Waals surface area (Å²) in [6.45, 7) is 0.806. The lowest BCUT2D eigenvalue weighted by atomic mass is 10.4. The van der Waals surface area contributed by atoms with Gasteiger partial charge >= 0.3 is 0 Å². The van der Waals surface area contributed by atoms with E-state index in [1.165, 1.54) is 11.3 Å². The van der Waals surface area contributed by atoms with Gasteiger partial charge in [0.25, 0.3) is 0 Å². The van der Waals surface area contributed by atoms with Gasteiger partial charge in [0.2, 0.25) is 5.88 Å². The molecule has 0 aromatic carbocycles. The smallest absolute Gasteiger partial charge is 0.222 e. The monoisotopic (exact) mass is 195 g/mol. The second kappa shape index (κ2) is 3.57. The molecular formula is C8H9N3OS. The Morgan fingerprint density at radius 2 is 2.46 bits per heavy atom. The molecule has 0 radical (unpaired) electrons. The SMILES string of the molecule is Oc1csc(CCn2cccn2)n1. The number of rotatable bonds is 3. The van der Waals surface area contributed by atoms with E-state index in [2.05, 4.69) is 10.1 Å². The van der Waals surface area contributed by atoms with Gasteiger partial charge in [-0.05, 0) is 6.07 Å². The molecule has 0 fully saturated rings. The Morgan fingerprint density at radius 3 is 3.08 bits per heavy atom. The molecular weight excluding hydrogens is 186 g/mol. The van der Waals surface area contributed by atoms with E-state index in [4.69, 9.17) is 5.11 Å². The van der Waals surface area contributed by atoms with Gasteiger partial charge in [0.05, 0.1) is 10.4 Å². The molecule has 68 valence electrons. The highest BCUT2D eigenvalue weighted by Gasteiger charge is 2.00. The van der Waals surface area contributed by atoms with Gasteiger partial charge in [-0.3, -0.25) is 4.68 Å². The summed E-state index contributed by atoms with van der Waals surface area (Å²) in [5.74, 6) is 0.112. The van der Waals surface area contributed by atoms with Crippen LogP contribution in [0, 0.1) is 0 Å². The first-order valence-electron chi connectivity index (χ1n) is 3.95. The number of hydrogen-bond donors (Lipinski definition) is 1. The second-order valence-corrected chi connectivity index (χ2v) is 3.56. The van der Waals surface area contributed by atoms with Gasteiger partial charge in [0.1, 0.15) is 0 Å². The van der Waals surface area contributed by atoms with Gasteiger partial charge in [0, 0.05) is 25.4 Å². The fourth-order valence-corrected chi connectivity index (χ4v) is 1.71. The summed E-state index contributed by atoms with van der Waals surface area (Å²) in [7, 11) is 0. The van der Waals surface area contributed by atoms with Gasteiger partial charge in [-0.2, -0.15) is 5.10 Å². The summed E-state index contributed by atoms with van der Waals surface area (Å²) in [5, 5.41) is 15.6. The number of aryl methyl sites for hydroxylation is 2. The molecule has 2 heterocycles. The minimum Gasteiger partial charge on any atom is -0.493 e. The molecule has 2 aromatic heterocycles. The normalized spacial score (nSPS) is 10.5. The number of aromatic nitrogens is 3. The predicted molar refractivity (Wildman–Crippen MR) is 49.7 cm³/mol. The molecule has 2 rings (SSSR count).